The molecule has 1 aromatic carbocycles. The average molecular weight is 365 g/mol. The molecule has 1 fully saturated rings. The van der Waals surface area contributed by atoms with Crippen LogP contribution in [0.4, 0.5) is 0 Å². The van der Waals surface area contributed by atoms with Crippen LogP contribution in [0, 0.1) is 0 Å². The highest BCUT2D eigenvalue weighted by atomic mass is 35.5. The predicted molar refractivity (Wildman–Crippen MR) is 99.1 cm³/mol. The van der Waals surface area contributed by atoms with Crippen LogP contribution in [-0.4, -0.2) is 37.0 Å². The van der Waals surface area contributed by atoms with Gasteiger partial charge in [0.05, 0.1) is 12.3 Å². The van der Waals surface area contributed by atoms with Crippen molar-refractivity contribution < 1.29 is 13.9 Å². The monoisotopic (exact) mass is 364 g/mol. The Labute approximate surface area is 154 Å². The van der Waals surface area contributed by atoms with Crippen molar-refractivity contribution in [3.8, 4) is 5.75 Å². The highest BCUT2D eigenvalue weighted by Crippen LogP contribution is 2.24. The van der Waals surface area contributed by atoms with Gasteiger partial charge in [0.15, 0.2) is 6.61 Å². The minimum atomic E-state index is -0.118. The van der Waals surface area contributed by atoms with Gasteiger partial charge in [-0.3, -0.25) is 9.69 Å². The molecule has 2 aromatic rings. The van der Waals surface area contributed by atoms with Gasteiger partial charge in [-0.25, -0.2) is 0 Å². The third-order valence-corrected chi connectivity index (χ3v) is 4.31. The van der Waals surface area contributed by atoms with Crippen molar-refractivity contribution in [2.75, 3.05) is 26.2 Å². The first-order valence-corrected chi connectivity index (χ1v) is 8.55. The summed E-state index contributed by atoms with van der Waals surface area (Å²) in [4.78, 5) is 14.5. The minimum absolute atomic E-state index is 0. The number of nitrogens with one attached hydrogen (secondary N) is 1. The van der Waals surface area contributed by atoms with E-state index in [1.165, 1.54) is 19.3 Å². The first-order chi connectivity index (χ1) is 11.8. The fourth-order valence-corrected chi connectivity index (χ4v) is 3.05. The van der Waals surface area contributed by atoms with Gasteiger partial charge in [-0.1, -0.05) is 24.6 Å². The maximum Gasteiger partial charge on any atom is 0.258 e. The number of benzene rings is 1. The standard InChI is InChI=1S/C19H24N2O3.ClH/c22-19(15-24-16-8-3-1-4-9-16)20-14-17(18-10-7-13-23-18)21-11-5-2-6-12-21;/h1,3-4,7-10,13,17H,2,5-6,11-12,14-15H2,(H,20,22);1H. The summed E-state index contributed by atoms with van der Waals surface area (Å²) in [6, 6.07) is 13.3. The van der Waals surface area contributed by atoms with E-state index >= 15 is 0 Å². The molecule has 1 aliphatic heterocycles. The largest absolute Gasteiger partial charge is 0.484 e. The Morgan fingerprint density at radius 1 is 1.12 bits per heavy atom. The number of hydrogen-bond donors (Lipinski definition) is 1. The highest BCUT2D eigenvalue weighted by molar-refractivity contribution is 5.85. The van der Waals surface area contributed by atoms with E-state index in [4.69, 9.17) is 9.15 Å². The molecule has 25 heavy (non-hydrogen) atoms. The van der Waals surface area contributed by atoms with Crippen molar-refractivity contribution in [2.45, 2.75) is 25.3 Å². The van der Waals surface area contributed by atoms with Gasteiger partial charge in [0.1, 0.15) is 11.5 Å². The Hall–Kier alpha value is -1.98. The van der Waals surface area contributed by atoms with Crippen molar-refractivity contribution in [3.63, 3.8) is 0 Å². The second kappa shape index (κ2) is 10.1. The molecular weight excluding hydrogens is 340 g/mol. The molecule has 5 nitrogen and oxygen atoms in total. The number of furan rings is 1. The molecule has 6 heteroatoms. The Morgan fingerprint density at radius 3 is 2.56 bits per heavy atom. The summed E-state index contributed by atoms with van der Waals surface area (Å²) in [6.45, 7) is 2.64. The number of nitrogens with zero attached hydrogens (tertiary/aromatic N) is 1. The smallest absolute Gasteiger partial charge is 0.258 e. The van der Waals surface area contributed by atoms with E-state index in [9.17, 15) is 4.79 Å². The molecule has 3 rings (SSSR count). The van der Waals surface area contributed by atoms with Gasteiger partial charge in [0, 0.05) is 6.54 Å². The van der Waals surface area contributed by atoms with Gasteiger partial charge in [0.2, 0.25) is 0 Å². The Balaban J connectivity index is 0.00000225. The molecule has 0 spiro atoms. The van der Waals surface area contributed by atoms with Crippen LogP contribution >= 0.6 is 12.4 Å². The number of carbonyl (C=O) groups is 1. The molecule has 1 amide bonds. The Kier molecular flexibility index (Phi) is 7.82. The number of amides is 1. The normalized spacial score (nSPS) is 15.8. The molecule has 0 aliphatic carbocycles. The third kappa shape index (κ3) is 5.80. The second-order valence-corrected chi connectivity index (χ2v) is 6.03. The molecule has 0 radical (unpaired) electrons. The van der Waals surface area contributed by atoms with Crippen LogP contribution in [0.2, 0.25) is 0 Å². The molecule has 1 atom stereocenters. The van der Waals surface area contributed by atoms with Gasteiger partial charge in [-0.2, -0.15) is 0 Å². The van der Waals surface area contributed by atoms with E-state index in [2.05, 4.69) is 10.2 Å². The predicted octanol–water partition coefficient (Wildman–Crippen LogP) is 3.42. The molecule has 0 bridgehead atoms. The quantitative estimate of drug-likeness (QED) is 0.817. The summed E-state index contributed by atoms with van der Waals surface area (Å²) in [7, 11) is 0. The molecule has 1 aliphatic rings. The zero-order valence-electron chi connectivity index (χ0n) is 14.2. The van der Waals surface area contributed by atoms with Crippen LogP contribution in [0.25, 0.3) is 0 Å². The minimum Gasteiger partial charge on any atom is -0.484 e. The average Bonchev–Trinajstić information content (AvgIpc) is 3.16. The lowest BCUT2D eigenvalue weighted by molar-refractivity contribution is -0.123. The maximum absolute atomic E-state index is 12.1. The fraction of sp³-hybridized carbons (Fsp3) is 0.421. The van der Waals surface area contributed by atoms with Gasteiger partial charge in [-0.15, -0.1) is 12.4 Å². The lowest BCUT2D eigenvalue weighted by Crippen LogP contribution is -2.41. The van der Waals surface area contributed by atoms with Gasteiger partial charge in [-0.05, 0) is 50.2 Å². The molecule has 136 valence electrons. The van der Waals surface area contributed by atoms with Crippen LogP contribution in [0.5, 0.6) is 5.75 Å². The Morgan fingerprint density at radius 2 is 1.88 bits per heavy atom. The van der Waals surface area contributed by atoms with Gasteiger partial charge < -0.3 is 14.5 Å². The number of hydrogen-bond acceptors (Lipinski definition) is 4. The van der Waals surface area contributed by atoms with Crippen LogP contribution in [0.3, 0.4) is 0 Å². The summed E-state index contributed by atoms with van der Waals surface area (Å²) in [6.07, 6.45) is 5.36. The van der Waals surface area contributed by atoms with E-state index in [-0.39, 0.29) is 31.0 Å². The topological polar surface area (TPSA) is 54.7 Å². The maximum atomic E-state index is 12.1. The van der Waals surface area contributed by atoms with Crippen molar-refractivity contribution in [1.82, 2.24) is 10.2 Å². The number of piperidine rings is 1. The number of carbonyl (C=O) groups excluding carboxylic acids is 1. The number of ether oxygens (including phenoxy) is 1. The first kappa shape index (κ1) is 19.3. The first-order valence-electron chi connectivity index (χ1n) is 8.55. The van der Waals surface area contributed by atoms with Gasteiger partial charge in [0.25, 0.3) is 5.91 Å². The van der Waals surface area contributed by atoms with E-state index < -0.39 is 0 Å². The zero-order chi connectivity index (χ0) is 16.6. The molecule has 1 unspecified atom stereocenters. The van der Waals surface area contributed by atoms with E-state index in [1.54, 1.807) is 6.26 Å². The third-order valence-electron chi connectivity index (χ3n) is 4.31. The van der Waals surface area contributed by atoms with Crippen LogP contribution in [0.1, 0.15) is 31.1 Å². The number of halogens is 1. The summed E-state index contributed by atoms with van der Waals surface area (Å²) in [5, 5.41) is 2.97. The van der Waals surface area contributed by atoms with Crippen molar-refractivity contribution >= 4 is 18.3 Å². The van der Waals surface area contributed by atoms with Crippen molar-refractivity contribution in [3.05, 3.63) is 54.5 Å². The van der Waals surface area contributed by atoms with E-state index in [0.717, 1.165) is 18.8 Å². The number of likely N-dealkylation sites (tertiary alicyclic amines) is 1. The van der Waals surface area contributed by atoms with Gasteiger partial charge >= 0.3 is 0 Å². The molecule has 1 N–H and O–H groups in total. The van der Waals surface area contributed by atoms with E-state index in [0.29, 0.717) is 12.3 Å². The summed E-state index contributed by atoms with van der Waals surface area (Å²) >= 11 is 0. The molecular formula is C19H25ClN2O3. The zero-order valence-corrected chi connectivity index (χ0v) is 15.0. The van der Waals surface area contributed by atoms with Crippen LogP contribution in [-0.2, 0) is 4.79 Å². The summed E-state index contributed by atoms with van der Waals surface area (Å²) in [5.74, 6) is 1.49. The highest BCUT2D eigenvalue weighted by Gasteiger charge is 2.24. The SMILES string of the molecule is Cl.O=C(COc1ccccc1)NCC(c1ccco1)N1CCCCC1. The second-order valence-electron chi connectivity index (χ2n) is 6.03. The summed E-state index contributed by atoms with van der Waals surface area (Å²) in [5.41, 5.74) is 0. The molecule has 2 heterocycles. The van der Waals surface area contributed by atoms with Crippen molar-refractivity contribution in [1.29, 1.82) is 0 Å². The Bertz CT molecular complexity index is 613. The molecule has 1 aromatic heterocycles. The molecule has 0 saturated carbocycles. The van der Waals surface area contributed by atoms with E-state index in [1.807, 2.05) is 42.5 Å². The van der Waals surface area contributed by atoms with Crippen LogP contribution in [0.15, 0.2) is 53.1 Å². The fourth-order valence-electron chi connectivity index (χ4n) is 3.05. The lowest BCUT2D eigenvalue weighted by Gasteiger charge is -2.33. The van der Waals surface area contributed by atoms with Crippen LogP contribution < -0.4 is 10.1 Å². The summed E-state index contributed by atoms with van der Waals surface area (Å²) < 4.78 is 11.1. The number of para-hydroxylation sites is 1. The lowest BCUT2D eigenvalue weighted by atomic mass is 10.1. The van der Waals surface area contributed by atoms with Crippen molar-refractivity contribution in [2.24, 2.45) is 0 Å². The molecule has 1 saturated heterocycles. The number of rotatable bonds is 7.